The lowest BCUT2D eigenvalue weighted by Crippen LogP contribution is -2.44. The van der Waals surface area contributed by atoms with Gasteiger partial charge in [-0.3, -0.25) is 14.7 Å². The molecular formula is C20H20N2O2. The zero-order valence-corrected chi connectivity index (χ0v) is 13.4. The van der Waals surface area contributed by atoms with Gasteiger partial charge in [0.15, 0.2) is 0 Å². The molecule has 0 spiro atoms. The number of nitrogens with zero attached hydrogens (tertiary/aromatic N) is 2. The lowest BCUT2D eigenvalue weighted by atomic mass is 9.92. The van der Waals surface area contributed by atoms with E-state index in [9.17, 15) is 9.90 Å². The summed E-state index contributed by atoms with van der Waals surface area (Å²) in [7, 11) is 0. The first-order chi connectivity index (χ1) is 11.7. The molecule has 1 fully saturated rings. The Morgan fingerprint density at radius 3 is 2.67 bits per heavy atom. The van der Waals surface area contributed by atoms with Gasteiger partial charge in [-0.25, -0.2) is 0 Å². The summed E-state index contributed by atoms with van der Waals surface area (Å²) in [6, 6.07) is 13.9. The fraction of sp³-hybridized carbons (Fsp3) is 0.300. The summed E-state index contributed by atoms with van der Waals surface area (Å²) in [6.07, 6.45) is 8.59. The van der Waals surface area contributed by atoms with Crippen LogP contribution in [0.15, 0.2) is 60.9 Å². The Morgan fingerprint density at radius 2 is 2.00 bits per heavy atom. The van der Waals surface area contributed by atoms with Crippen molar-refractivity contribution in [3.63, 3.8) is 0 Å². The number of fused-ring (bicyclic) bond motifs is 2. The van der Waals surface area contributed by atoms with Gasteiger partial charge in [0.25, 0.3) is 0 Å². The first kappa shape index (κ1) is 15.1. The van der Waals surface area contributed by atoms with Gasteiger partial charge in [0.1, 0.15) is 6.04 Å². The minimum Gasteiger partial charge on any atom is -0.480 e. The Bertz CT molecular complexity index is 758. The number of carboxylic acids is 1. The van der Waals surface area contributed by atoms with Crippen LogP contribution in [-0.4, -0.2) is 33.0 Å². The fourth-order valence-electron chi connectivity index (χ4n) is 4.11. The van der Waals surface area contributed by atoms with Gasteiger partial charge in [0.2, 0.25) is 0 Å². The molecule has 3 heterocycles. The van der Waals surface area contributed by atoms with E-state index >= 15 is 0 Å². The van der Waals surface area contributed by atoms with E-state index in [2.05, 4.69) is 40.2 Å². The summed E-state index contributed by atoms with van der Waals surface area (Å²) in [5.74, 6) is -0.795. The molecule has 0 aliphatic carbocycles. The molecule has 2 aliphatic rings. The maximum atomic E-state index is 12.0. The molecule has 4 heteroatoms. The molecule has 2 bridgehead atoms. The fourth-order valence-corrected chi connectivity index (χ4v) is 4.11. The molecule has 1 saturated heterocycles. The van der Waals surface area contributed by atoms with Crippen LogP contribution in [0.1, 0.15) is 36.4 Å². The van der Waals surface area contributed by atoms with Gasteiger partial charge in [0, 0.05) is 24.5 Å². The van der Waals surface area contributed by atoms with Crippen molar-refractivity contribution >= 4 is 11.5 Å². The van der Waals surface area contributed by atoms with E-state index in [1.165, 1.54) is 11.1 Å². The normalized spacial score (nSPS) is 24.4. The van der Waals surface area contributed by atoms with Gasteiger partial charge < -0.3 is 5.11 Å². The Hall–Kier alpha value is -2.46. The molecule has 4 nitrogen and oxygen atoms in total. The number of pyridine rings is 1. The van der Waals surface area contributed by atoms with E-state index in [-0.39, 0.29) is 12.1 Å². The Balaban J connectivity index is 1.68. The largest absolute Gasteiger partial charge is 0.480 e. The first-order valence-electron chi connectivity index (χ1n) is 8.40. The van der Waals surface area contributed by atoms with Crippen molar-refractivity contribution in [3.8, 4) is 0 Å². The molecule has 3 atom stereocenters. The number of benzene rings is 1. The molecule has 24 heavy (non-hydrogen) atoms. The third kappa shape index (κ3) is 2.63. The molecule has 2 aliphatic heterocycles. The number of carbonyl (C=O) groups is 1. The van der Waals surface area contributed by atoms with Crippen LogP contribution in [0.3, 0.4) is 0 Å². The highest BCUT2D eigenvalue weighted by Gasteiger charge is 2.43. The Labute approximate surface area is 141 Å². The number of aromatic nitrogens is 1. The summed E-state index contributed by atoms with van der Waals surface area (Å²) < 4.78 is 0. The average molecular weight is 320 g/mol. The highest BCUT2D eigenvalue weighted by molar-refractivity contribution is 5.76. The maximum Gasteiger partial charge on any atom is 0.325 e. The first-order valence-corrected chi connectivity index (χ1v) is 8.40. The summed E-state index contributed by atoms with van der Waals surface area (Å²) in [6.45, 7) is 0. The molecular weight excluding hydrogens is 300 g/mol. The molecule has 0 amide bonds. The second-order valence-electron chi connectivity index (χ2n) is 6.53. The van der Waals surface area contributed by atoms with Crippen LogP contribution in [0.2, 0.25) is 0 Å². The standard InChI is InChI=1S/C20H20N2O2/c23-20(24)19(15-7-4-10-21-13-15)22-17-8-9-18(22)12-16(11-17)14-5-2-1-3-6-14/h1-7,10-11,13,17-19H,8-9,12H2,(H,23,24). The summed E-state index contributed by atoms with van der Waals surface area (Å²) in [5.41, 5.74) is 3.36. The summed E-state index contributed by atoms with van der Waals surface area (Å²) in [4.78, 5) is 18.3. The second-order valence-corrected chi connectivity index (χ2v) is 6.53. The summed E-state index contributed by atoms with van der Waals surface area (Å²) in [5, 5.41) is 9.84. The maximum absolute atomic E-state index is 12.0. The minimum atomic E-state index is -0.795. The molecule has 0 radical (unpaired) electrons. The van der Waals surface area contributed by atoms with Crippen molar-refractivity contribution in [2.45, 2.75) is 37.4 Å². The van der Waals surface area contributed by atoms with E-state index in [4.69, 9.17) is 0 Å². The van der Waals surface area contributed by atoms with Crippen molar-refractivity contribution in [2.75, 3.05) is 0 Å². The van der Waals surface area contributed by atoms with E-state index in [0.717, 1.165) is 24.8 Å². The van der Waals surface area contributed by atoms with E-state index in [1.54, 1.807) is 12.4 Å². The zero-order chi connectivity index (χ0) is 16.5. The lowest BCUT2D eigenvalue weighted by Gasteiger charge is -2.38. The molecule has 3 unspecified atom stereocenters. The van der Waals surface area contributed by atoms with E-state index in [0.29, 0.717) is 0 Å². The van der Waals surface area contributed by atoms with E-state index in [1.807, 2.05) is 18.2 Å². The van der Waals surface area contributed by atoms with Crippen LogP contribution in [0.4, 0.5) is 0 Å². The molecule has 2 aromatic rings. The van der Waals surface area contributed by atoms with Crippen molar-refractivity contribution in [1.82, 2.24) is 9.88 Å². The predicted octanol–water partition coefficient (Wildman–Crippen LogP) is 3.53. The highest BCUT2D eigenvalue weighted by atomic mass is 16.4. The highest BCUT2D eigenvalue weighted by Crippen LogP contribution is 2.43. The van der Waals surface area contributed by atoms with Gasteiger partial charge >= 0.3 is 5.97 Å². The molecule has 1 aromatic heterocycles. The predicted molar refractivity (Wildman–Crippen MR) is 92.3 cm³/mol. The average Bonchev–Trinajstić information content (AvgIpc) is 2.86. The number of hydrogen-bond donors (Lipinski definition) is 1. The van der Waals surface area contributed by atoms with Crippen LogP contribution in [0.25, 0.3) is 5.57 Å². The van der Waals surface area contributed by atoms with Gasteiger partial charge in [-0.1, -0.05) is 42.5 Å². The van der Waals surface area contributed by atoms with Crippen LogP contribution in [0, 0.1) is 0 Å². The van der Waals surface area contributed by atoms with Crippen LogP contribution < -0.4 is 0 Å². The van der Waals surface area contributed by atoms with E-state index < -0.39 is 12.0 Å². The van der Waals surface area contributed by atoms with Gasteiger partial charge in [-0.15, -0.1) is 0 Å². The van der Waals surface area contributed by atoms with Crippen LogP contribution >= 0.6 is 0 Å². The Kier molecular flexibility index (Phi) is 3.90. The molecule has 1 N–H and O–H groups in total. The third-order valence-corrected chi connectivity index (χ3v) is 5.13. The Morgan fingerprint density at radius 1 is 1.17 bits per heavy atom. The monoisotopic (exact) mass is 320 g/mol. The van der Waals surface area contributed by atoms with Crippen molar-refractivity contribution in [2.24, 2.45) is 0 Å². The smallest absolute Gasteiger partial charge is 0.325 e. The molecule has 4 rings (SSSR count). The van der Waals surface area contributed by atoms with Crippen LogP contribution in [0.5, 0.6) is 0 Å². The number of rotatable bonds is 4. The number of aliphatic carboxylic acids is 1. The van der Waals surface area contributed by atoms with Gasteiger partial charge in [-0.05, 0) is 42.0 Å². The van der Waals surface area contributed by atoms with Crippen molar-refractivity contribution < 1.29 is 9.90 Å². The number of carboxylic acid groups (broad SMARTS) is 1. The molecule has 1 aromatic carbocycles. The van der Waals surface area contributed by atoms with Crippen molar-refractivity contribution in [1.29, 1.82) is 0 Å². The second kappa shape index (κ2) is 6.21. The molecule has 122 valence electrons. The lowest BCUT2D eigenvalue weighted by molar-refractivity contribution is -0.144. The topological polar surface area (TPSA) is 53.4 Å². The number of hydrogen-bond acceptors (Lipinski definition) is 3. The van der Waals surface area contributed by atoms with Gasteiger partial charge in [-0.2, -0.15) is 0 Å². The quantitative estimate of drug-likeness (QED) is 0.936. The summed E-state index contributed by atoms with van der Waals surface area (Å²) >= 11 is 0. The SMILES string of the molecule is O=C(O)C(c1cccnc1)N1C2C=C(c3ccccc3)CC1CC2. The molecule has 0 saturated carbocycles. The van der Waals surface area contributed by atoms with Gasteiger partial charge in [0.05, 0.1) is 0 Å². The van der Waals surface area contributed by atoms with Crippen LogP contribution in [-0.2, 0) is 4.79 Å². The minimum absolute atomic E-state index is 0.181. The zero-order valence-electron chi connectivity index (χ0n) is 13.4. The third-order valence-electron chi connectivity index (χ3n) is 5.13. The van der Waals surface area contributed by atoms with Crippen molar-refractivity contribution in [3.05, 3.63) is 72.1 Å².